The van der Waals surface area contributed by atoms with E-state index in [1.807, 2.05) is 0 Å². The zero-order valence-corrected chi connectivity index (χ0v) is 13.5. The topological polar surface area (TPSA) is 67.9 Å². The van der Waals surface area contributed by atoms with Crippen LogP contribution < -0.4 is 10.1 Å². The van der Waals surface area contributed by atoms with Crippen molar-refractivity contribution < 1.29 is 23.5 Å². The number of benzene rings is 1. The predicted molar refractivity (Wildman–Crippen MR) is 82.9 cm³/mol. The summed E-state index contributed by atoms with van der Waals surface area (Å²) in [5, 5.41) is 2.30. The van der Waals surface area contributed by atoms with Crippen molar-refractivity contribution in [3.8, 4) is 5.75 Å². The summed E-state index contributed by atoms with van der Waals surface area (Å²) in [6.07, 6.45) is 0.328. The second-order valence-electron chi connectivity index (χ2n) is 6.33. The summed E-state index contributed by atoms with van der Waals surface area (Å²) < 4.78 is 24.8. The monoisotopic (exact) mass is 324 g/mol. The number of hydrogen-bond acceptors (Lipinski definition) is 4. The van der Waals surface area contributed by atoms with Crippen LogP contribution in [0.2, 0.25) is 0 Å². The molecule has 1 aliphatic heterocycles. The van der Waals surface area contributed by atoms with Crippen molar-refractivity contribution >= 4 is 18.2 Å². The maximum Gasteiger partial charge on any atom is 0.410 e. The highest BCUT2D eigenvalue weighted by Crippen LogP contribution is 2.29. The summed E-state index contributed by atoms with van der Waals surface area (Å²) in [7, 11) is 0. The Kier molecular flexibility index (Phi) is 5.08. The molecular formula is C16H21FN2O4. The highest BCUT2D eigenvalue weighted by Gasteiger charge is 2.31. The Bertz CT molecular complexity index is 586. The number of likely N-dealkylation sites (tertiary alicyclic amines) is 1. The van der Waals surface area contributed by atoms with Crippen molar-refractivity contribution in [3.63, 3.8) is 0 Å². The van der Waals surface area contributed by atoms with E-state index in [0.717, 1.165) is 0 Å². The summed E-state index contributed by atoms with van der Waals surface area (Å²) in [5.41, 5.74) is -0.558. The average Bonchev–Trinajstić information content (AvgIpc) is 2.89. The van der Waals surface area contributed by atoms with Gasteiger partial charge in [-0.1, -0.05) is 6.07 Å². The molecule has 0 bridgehead atoms. The molecule has 126 valence electrons. The number of hydrogen-bond donors (Lipinski definition) is 1. The third-order valence-electron chi connectivity index (χ3n) is 3.27. The van der Waals surface area contributed by atoms with Gasteiger partial charge in [-0.2, -0.15) is 0 Å². The fourth-order valence-corrected chi connectivity index (χ4v) is 2.30. The lowest BCUT2D eigenvalue weighted by Crippen LogP contribution is -2.36. The minimum Gasteiger partial charge on any atom is -0.486 e. The molecule has 1 saturated heterocycles. The third kappa shape index (κ3) is 4.58. The van der Waals surface area contributed by atoms with Gasteiger partial charge in [-0.15, -0.1) is 0 Å². The number of nitrogens with zero attached hydrogens (tertiary/aromatic N) is 1. The van der Waals surface area contributed by atoms with Gasteiger partial charge in [-0.3, -0.25) is 4.79 Å². The zero-order valence-electron chi connectivity index (χ0n) is 13.5. The normalized spacial score (nSPS) is 17.7. The van der Waals surface area contributed by atoms with E-state index >= 15 is 0 Å². The summed E-state index contributed by atoms with van der Waals surface area (Å²) in [6.45, 7) is 6.27. The van der Waals surface area contributed by atoms with Crippen molar-refractivity contribution in [2.24, 2.45) is 0 Å². The largest absolute Gasteiger partial charge is 0.486 e. The zero-order chi connectivity index (χ0) is 17.0. The van der Waals surface area contributed by atoms with Crippen molar-refractivity contribution in [1.82, 2.24) is 4.90 Å². The Morgan fingerprint density at radius 2 is 2.17 bits per heavy atom. The van der Waals surface area contributed by atoms with E-state index in [-0.39, 0.29) is 17.5 Å². The number of ether oxygens (including phenoxy) is 2. The fraction of sp³-hybridized carbons (Fsp3) is 0.500. The van der Waals surface area contributed by atoms with Crippen LogP contribution in [0.5, 0.6) is 5.75 Å². The fourth-order valence-electron chi connectivity index (χ4n) is 2.30. The molecule has 1 unspecified atom stereocenters. The van der Waals surface area contributed by atoms with E-state index in [0.29, 0.717) is 25.9 Å². The predicted octanol–water partition coefficient (Wildman–Crippen LogP) is 2.78. The van der Waals surface area contributed by atoms with Gasteiger partial charge < -0.3 is 19.7 Å². The molecule has 6 nitrogen and oxygen atoms in total. The van der Waals surface area contributed by atoms with Crippen molar-refractivity contribution in [2.75, 3.05) is 18.4 Å². The smallest absolute Gasteiger partial charge is 0.410 e. The number of halogens is 1. The lowest BCUT2D eigenvalue weighted by Gasteiger charge is -2.24. The van der Waals surface area contributed by atoms with Crippen LogP contribution in [0.4, 0.5) is 14.9 Å². The summed E-state index contributed by atoms with van der Waals surface area (Å²) in [5.74, 6) is -0.329. The van der Waals surface area contributed by atoms with Gasteiger partial charge in [0.2, 0.25) is 6.41 Å². The third-order valence-corrected chi connectivity index (χ3v) is 3.27. The first kappa shape index (κ1) is 17.1. The molecule has 1 aromatic rings. The number of carbonyl (C=O) groups excluding carboxylic acids is 2. The average molecular weight is 324 g/mol. The van der Waals surface area contributed by atoms with Crippen molar-refractivity contribution in [3.05, 3.63) is 24.0 Å². The van der Waals surface area contributed by atoms with E-state index < -0.39 is 17.5 Å². The number of nitrogens with one attached hydrogen (secondary N) is 1. The van der Waals surface area contributed by atoms with E-state index in [1.54, 1.807) is 31.7 Å². The van der Waals surface area contributed by atoms with Crippen molar-refractivity contribution in [1.29, 1.82) is 0 Å². The van der Waals surface area contributed by atoms with Crippen LogP contribution in [0.3, 0.4) is 0 Å². The second-order valence-corrected chi connectivity index (χ2v) is 6.33. The molecule has 2 amide bonds. The molecule has 0 aromatic heterocycles. The Balaban J connectivity index is 2.00. The summed E-state index contributed by atoms with van der Waals surface area (Å²) in [6, 6.07) is 4.31. The molecule has 0 aliphatic carbocycles. The molecule has 1 fully saturated rings. The first-order chi connectivity index (χ1) is 10.8. The first-order valence-electron chi connectivity index (χ1n) is 7.43. The van der Waals surface area contributed by atoms with Crippen LogP contribution in [-0.2, 0) is 9.53 Å². The molecule has 1 N–H and O–H groups in total. The highest BCUT2D eigenvalue weighted by molar-refractivity contribution is 5.75. The molecule has 2 rings (SSSR count). The van der Waals surface area contributed by atoms with Crippen molar-refractivity contribution in [2.45, 2.75) is 38.9 Å². The minimum absolute atomic E-state index is 0.00165. The number of rotatable bonds is 4. The standard InChI is InChI=1S/C16H21FN2O4/c1-16(2,3)23-15(21)19-8-7-11(9-19)22-13-6-4-5-12(17)14(13)18-10-20/h4-6,10-11H,7-9H2,1-3H3,(H,18,20). The molecule has 1 aliphatic rings. The van der Waals surface area contributed by atoms with Crippen LogP contribution in [0.15, 0.2) is 18.2 Å². The highest BCUT2D eigenvalue weighted by atomic mass is 19.1. The summed E-state index contributed by atoms with van der Waals surface area (Å²) in [4.78, 5) is 24.2. The second kappa shape index (κ2) is 6.85. The molecule has 1 atom stereocenters. The minimum atomic E-state index is -0.573. The Morgan fingerprint density at radius 3 is 2.83 bits per heavy atom. The van der Waals surface area contributed by atoms with E-state index in [4.69, 9.17) is 9.47 Å². The van der Waals surface area contributed by atoms with Crippen LogP contribution in [0.25, 0.3) is 0 Å². The molecule has 1 heterocycles. The van der Waals surface area contributed by atoms with Crippen LogP contribution in [0, 0.1) is 5.82 Å². The lowest BCUT2D eigenvalue weighted by atomic mass is 10.2. The maximum atomic E-state index is 13.7. The van der Waals surface area contributed by atoms with Gasteiger partial charge in [0.05, 0.1) is 6.54 Å². The van der Waals surface area contributed by atoms with Gasteiger partial charge >= 0.3 is 6.09 Å². The number of para-hydroxylation sites is 1. The molecule has 0 spiro atoms. The molecule has 0 saturated carbocycles. The van der Waals surface area contributed by atoms with E-state index in [2.05, 4.69) is 5.32 Å². The van der Waals surface area contributed by atoms with Crippen LogP contribution in [0.1, 0.15) is 27.2 Å². The van der Waals surface area contributed by atoms with E-state index in [1.165, 1.54) is 12.1 Å². The van der Waals surface area contributed by atoms with E-state index in [9.17, 15) is 14.0 Å². The van der Waals surface area contributed by atoms with Gasteiger partial charge in [0.25, 0.3) is 0 Å². The van der Waals surface area contributed by atoms with Gasteiger partial charge in [0.15, 0.2) is 5.82 Å². The Labute approximate surface area is 134 Å². The molecule has 0 radical (unpaired) electrons. The molecule has 7 heteroatoms. The van der Waals surface area contributed by atoms with Gasteiger partial charge in [-0.25, -0.2) is 9.18 Å². The quantitative estimate of drug-likeness (QED) is 0.865. The van der Waals surface area contributed by atoms with Crippen LogP contribution >= 0.6 is 0 Å². The molecule has 23 heavy (non-hydrogen) atoms. The molecule has 1 aromatic carbocycles. The Hall–Kier alpha value is -2.31. The number of amides is 2. The lowest BCUT2D eigenvalue weighted by molar-refractivity contribution is -0.105. The Morgan fingerprint density at radius 1 is 1.43 bits per heavy atom. The van der Waals surface area contributed by atoms with Gasteiger partial charge in [-0.05, 0) is 32.9 Å². The van der Waals surface area contributed by atoms with Gasteiger partial charge in [0.1, 0.15) is 23.1 Å². The molecular weight excluding hydrogens is 303 g/mol. The van der Waals surface area contributed by atoms with Gasteiger partial charge in [0, 0.05) is 13.0 Å². The number of anilines is 1. The van der Waals surface area contributed by atoms with Crippen LogP contribution in [-0.4, -0.2) is 42.2 Å². The SMILES string of the molecule is CC(C)(C)OC(=O)N1CCC(Oc2cccc(F)c2NC=O)C1. The number of carbonyl (C=O) groups is 2. The first-order valence-corrected chi connectivity index (χ1v) is 7.43. The maximum absolute atomic E-state index is 13.7. The summed E-state index contributed by atoms with van der Waals surface area (Å²) >= 11 is 0.